The SMILES string of the molecule is Cc1c(N(c2cc3c(cc2-c2cccc4c2C(C)(C)CCC4(C)C)-c2ccccc2C32c3ccccc3-c3ccccc32)c2ccc3c(c2C)C(C)(C)CCC3(C)C)ccc2c1C(C)(C)CCC2(C)C. The normalized spacial score (nSPS) is 20.3. The molecule has 0 bridgehead atoms. The van der Waals surface area contributed by atoms with Crippen LogP contribution in [0.15, 0.2) is 127 Å². The molecule has 1 spiro atoms. The third kappa shape index (κ3) is 6.08. The highest BCUT2D eigenvalue weighted by Crippen LogP contribution is 2.65. The van der Waals surface area contributed by atoms with Gasteiger partial charge >= 0.3 is 0 Å². The van der Waals surface area contributed by atoms with Crippen LogP contribution in [0.4, 0.5) is 17.1 Å². The van der Waals surface area contributed by atoms with E-state index in [1.54, 1.807) is 0 Å². The molecule has 0 N–H and O–H groups in total. The van der Waals surface area contributed by atoms with Crippen molar-refractivity contribution in [1.82, 2.24) is 0 Å². The second-order valence-corrected chi connectivity index (χ2v) is 26.4. The molecule has 0 amide bonds. The number of nitrogens with zero attached hydrogens (tertiary/aromatic N) is 1. The standard InChI is InChI=1S/C69H75N/c1-42-57(32-30-54-60(42)66(9,10)37-34-64(54,5)6)70(58-33-31-55-61(43(58)2)67(11,12)38-35-65(55,7)8)59-41-56-48(40-49(59)47-25-21-29-53-62(47)68(13,14)39-36-63(53,3)4)46-24-17-20-28-52(46)69(56)50-26-18-15-22-44(50)45-23-16-19-27-51(45)69/h15-33,40-41H,34-39H2,1-14H3. The van der Waals surface area contributed by atoms with Crippen molar-refractivity contribution in [3.63, 3.8) is 0 Å². The van der Waals surface area contributed by atoms with E-state index < -0.39 is 5.41 Å². The summed E-state index contributed by atoms with van der Waals surface area (Å²) in [6.45, 7) is 34.9. The maximum Gasteiger partial charge on any atom is 0.0726 e. The molecule has 0 aliphatic heterocycles. The predicted molar refractivity (Wildman–Crippen MR) is 298 cm³/mol. The average molecular weight is 918 g/mol. The lowest BCUT2D eigenvalue weighted by molar-refractivity contribution is 0.330. The Bertz CT molecular complexity index is 3230. The van der Waals surface area contributed by atoms with Gasteiger partial charge < -0.3 is 4.90 Å². The monoisotopic (exact) mass is 918 g/mol. The van der Waals surface area contributed by atoms with Crippen molar-refractivity contribution in [2.24, 2.45) is 0 Å². The van der Waals surface area contributed by atoms with Gasteiger partial charge in [-0.3, -0.25) is 0 Å². The molecule has 0 saturated carbocycles. The van der Waals surface area contributed by atoms with Crippen LogP contribution in [0.3, 0.4) is 0 Å². The molecule has 5 aliphatic rings. The molecule has 0 unspecified atom stereocenters. The molecule has 7 aromatic rings. The molecule has 1 nitrogen and oxygen atoms in total. The second-order valence-electron chi connectivity index (χ2n) is 26.4. The predicted octanol–water partition coefficient (Wildman–Crippen LogP) is 18.8. The van der Waals surface area contributed by atoms with Crippen molar-refractivity contribution in [2.75, 3.05) is 4.90 Å². The second kappa shape index (κ2) is 14.7. The van der Waals surface area contributed by atoms with Gasteiger partial charge in [-0.2, -0.15) is 0 Å². The van der Waals surface area contributed by atoms with Gasteiger partial charge in [0, 0.05) is 16.9 Å². The van der Waals surface area contributed by atoms with E-state index in [-0.39, 0.29) is 32.5 Å². The van der Waals surface area contributed by atoms with E-state index in [2.05, 4.69) is 229 Å². The summed E-state index contributed by atoms with van der Waals surface area (Å²) in [7, 11) is 0. The quantitative estimate of drug-likeness (QED) is 0.170. The molecule has 0 radical (unpaired) electrons. The average Bonchev–Trinajstić information content (AvgIpc) is 3.78. The summed E-state index contributed by atoms with van der Waals surface area (Å²) in [4.78, 5) is 2.79. The zero-order valence-corrected chi connectivity index (χ0v) is 44.8. The first-order chi connectivity index (χ1) is 33.0. The molecule has 7 aromatic carbocycles. The fourth-order valence-corrected chi connectivity index (χ4v) is 15.4. The molecule has 0 saturated heterocycles. The van der Waals surface area contributed by atoms with Gasteiger partial charge in [-0.05, 0) is 204 Å². The van der Waals surface area contributed by atoms with Crippen molar-refractivity contribution < 1.29 is 0 Å². The molecule has 0 fully saturated rings. The molecule has 1 heteroatoms. The van der Waals surface area contributed by atoms with Gasteiger partial charge in [-0.25, -0.2) is 0 Å². The Morgan fingerprint density at radius 3 is 1.10 bits per heavy atom. The number of hydrogen-bond acceptors (Lipinski definition) is 1. The Kier molecular flexibility index (Phi) is 9.56. The van der Waals surface area contributed by atoms with Crippen LogP contribution in [-0.4, -0.2) is 0 Å². The van der Waals surface area contributed by atoms with Crippen molar-refractivity contribution >= 4 is 17.1 Å². The molecule has 5 aliphatic carbocycles. The van der Waals surface area contributed by atoms with Crippen LogP contribution in [0.2, 0.25) is 0 Å². The molecular formula is C69H75N. The van der Waals surface area contributed by atoms with Crippen LogP contribution in [-0.2, 0) is 37.9 Å². The summed E-state index contributed by atoms with van der Waals surface area (Å²) >= 11 is 0. The third-order valence-electron chi connectivity index (χ3n) is 19.4. The maximum absolute atomic E-state index is 2.79. The molecular weight excluding hydrogens is 843 g/mol. The van der Waals surface area contributed by atoms with Crippen LogP contribution in [0.25, 0.3) is 33.4 Å². The fraction of sp³-hybridized carbons (Fsp3) is 0.391. The molecule has 12 rings (SSSR count). The molecule has 0 atom stereocenters. The van der Waals surface area contributed by atoms with Gasteiger partial charge in [0.25, 0.3) is 0 Å². The summed E-state index contributed by atoms with van der Waals surface area (Å²) < 4.78 is 0. The van der Waals surface area contributed by atoms with Gasteiger partial charge in [-0.1, -0.05) is 186 Å². The summed E-state index contributed by atoms with van der Waals surface area (Å²) in [5, 5.41) is 0. The summed E-state index contributed by atoms with van der Waals surface area (Å²) in [5.74, 6) is 0. The first-order valence-corrected chi connectivity index (χ1v) is 26.7. The van der Waals surface area contributed by atoms with Crippen molar-refractivity contribution in [2.45, 2.75) is 173 Å². The van der Waals surface area contributed by atoms with E-state index in [0.29, 0.717) is 0 Å². The largest absolute Gasteiger partial charge is 0.309 e. The lowest BCUT2D eigenvalue weighted by atomic mass is 9.61. The van der Waals surface area contributed by atoms with E-state index >= 15 is 0 Å². The van der Waals surface area contributed by atoms with Crippen molar-refractivity contribution in [1.29, 1.82) is 0 Å². The smallest absolute Gasteiger partial charge is 0.0726 e. The van der Waals surface area contributed by atoms with Gasteiger partial charge in [0.15, 0.2) is 0 Å². The molecule has 0 aromatic heterocycles. The van der Waals surface area contributed by atoms with Gasteiger partial charge in [0.2, 0.25) is 0 Å². The lowest BCUT2D eigenvalue weighted by Gasteiger charge is -2.46. The highest BCUT2D eigenvalue weighted by molar-refractivity contribution is 6.01. The van der Waals surface area contributed by atoms with E-state index in [9.17, 15) is 0 Å². The number of anilines is 3. The van der Waals surface area contributed by atoms with E-state index in [1.807, 2.05) is 0 Å². The van der Waals surface area contributed by atoms with Crippen LogP contribution in [0.1, 0.15) is 188 Å². The van der Waals surface area contributed by atoms with Crippen molar-refractivity contribution in [3.05, 3.63) is 194 Å². The van der Waals surface area contributed by atoms with Crippen molar-refractivity contribution in [3.8, 4) is 33.4 Å². The number of benzene rings is 7. The lowest BCUT2D eigenvalue weighted by Crippen LogP contribution is -2.36. The van der Waals surface area contributed by atoms with Crippen LogP contribution in [0.5, 0.6) is 0 Å². The minimum atomic E-state index is -0.483. The minimum Gasteiger partial charge on any atom is -0.309 e. The van der Waals surface area contributed by atoms with Gasteiger partial charge in [-0.15, -0.1) is 0 Å². The molecule has 70 heavy (non-hydrogen) atoms. The zero-order valence-electron chi connectivity index (χ0n) is 44.8. The molecule has 0 heterocycles. The van der Waals surface area contributed by atoms with E-state index in [0.717, 1.165) is 6.42 Å². The summed E-state index contributed by atoms with van der Waals surface area (Å²) in [6.07, 6.45) is 7.05. The summed E-state index contributed by atoms with van der Waals surface area (Å²) in [5.41, 5.74) is 29.2. The fourth-order valence-electron chi connectivity index (χ4n) is 15.4. The zero-order chi connectivity index (χ0) is 49.3. The van der Waals surface area contributed by atoms with E-state index in [4.69, 9.17) is 0 Å². The Labute approximate surface area is 420 Å². The van der Waals surface area contributed by atoms with Crippen LogP contribution >= 0.6 is 0 Å². The van der Waals surface area contributed by atoms with Gasteiger partial charge in [0.05, 0.1) is 11.1 Å². The first-order valence-electron chi connectivity index (χ1n) is 26.7. The Morgan fingerprint density at radius 2 is 0.643 bits per heavy atom. The molecule has 356 valence electrons. The maximum atomic E-state index is 2.79. The third-order valence-corrected chi connectivity index (χ3v) is 19.4. The Hall–Kier alpha value is -5.66. The topological polar surface area (TPSA) is 3.24 Å². The van der Waals surface area contributed by atoms with E-state index in [1.165, 1.54) is 149 Å². The highest BCUT2D eigenvalue weighted by Gasteiger charge is 2.53. The Morgan fingerprint density at radius 1 is 0.286 bits per heavy atom. The summed E-state index contributed by atoms with van der Waals surface area (Å²) in [6, 6.07) is 50.8. The van der Waals surface area contributed by atoms with Gasteiger partial charge in [0.1, 0.15) is 0 Å². The minimum absolute atomic E-state index is 0.0142. The number of fused-ring (bicyclic) bond motifs is 13. The van der Waals surface area contributed by atoms with Crippen LogP contribution in [0, 0.1) is 13.8 Å². The van der Waals surface area contributed by atoms with Crippen LogP contribution < -0.4 is 4.90 Å². The first kappa shape index (κ1) is 45.5. The number of hydrogen-bond donors (Lipinski definition) is 0. The number of rotatable bonds is 4. The highest BCUT2D eigenvalue weighted by atomic mass is 15.2. The Balaban J connectivity index is 1.28.